The summed E-state index contributed by atoms with van der Waals surface area (Å²) < 4.78 is 1.70. The molecule has 0 saturated carbocycles. The van der Waals surface area contributed by atoms with Crippen molar-refractivity contribution in [1.29, 1.82) is 0 Å². The lowest BCUT2D eigenvalue weighted by atomic mass is 10.0. The largest absolute Gasteiger partial charge is 0.393 e. The van der Waals surface area contributed by atoms with Gasteiger partial charge >= 0.3 is 0 Å². The van der Waals surface area contributed by atoms with E-state index in [4.69, 9.17) is 4.98 Å². The van der Waals surface area contributed by atoms with Crippen molar-refractivity contribution in [2.75, 3.05) is 19.6 Å². The molecule has 3 aromatic carbocycles. The summed E-state index contributed by atoms with van der Waals surface area (Å²) in [4.78, 5) is 28.3. The number of H-pyrrole nitrogens is 1. The van der Waals surface area contributed by atoms with Gasteiger partial charge in [-0.05, 0) is 55.2 Å². The zero-order chi connectivity index (χ0) is 24.6. The molecule has 1 fully saturated rings. The van der Waals surface area contributed by atoms with Gasteiger partial charge < -0.3 is 15.0 Å². The van der Waals surface area contributed by atoms with Gasteiger partial charge in [-0.2, -0.15) is 0 Å². The minimum Gasteiger partial charge on any atom is -0.393 e. The molecular weight excluding hydrogens is 450 g/mol. The number of likely N-dealkylation sites (tertiary alicyclic amines) is 1. The van der Waals surface area contributed by atoms with Crippen molar-refractivity contribution in [3.8, 4) is 22.5 Å². The lowest BCUT2D eigenvalue weighted by Gasteiger charge is -2.29. The molecule has 1 aliphatic heterocycles. The summed E-state index contributed by atoms with van der Waals surface area (Å²) in [5.74, 6) is 0.843. The number of nitrogens with zero attached hydrogens (tertiary/aromatic N) is 4. The first-order chi connectivity index (χ1) is 17.5. The number of benzene rings is 3. The van der Waals surface area contributed by atoms with Crippen LogP contribution < -0.4 is 5.56 Å². The number of aliphatic hydroxyl groups excluding tert-OH is 1. The van der Waals surface area contributed by atoms with Gasteiger partial charge in [-0.1, -0.05) is 42.0 Å². The van der Waals surface area contributed by atoms with E-state index in [9.17, 15) is 9.90 Å². The maximum absolute atomic E-state index is 13.3. The van der Waals surface area contributed by atoms with E-state index in [0.717, 1.165) is 66.0 Å². The lowest BCUT2D eigenvalue weighted by molar-refractivity contribution is 0.0808. The minimum absolute atomic E-state index is 0.0248. The number of hydrogen-bond donors (Lipinski definition) is 2. The molecule has 0 bridgehead atoms. The first-order valence-electron chi connectivity index (χ1n) is 12.5. The number of aromatic amines is 1. The third kappa shape index (κ3) is 4.43. The highest BCUT2D eigenvalue weighted by Gasteiger charge is 2.17. The van der Waals surface area contributed by atoms with E-state index < -0.39 is 0 Å². The van der Waals surface area contributed by atoms with E-state index in [1.165, 1.54) is 5.56 Å². The molecule has 6 rings (SSSR count). The van der Waals surface area contributed by atoms with Crippen LogP contribution in [0.5, 0.6) is 0 Å². The van der Waals surface area contributed by atoms with Gasteiger partial charge in [-0.25, -0.2) is 9.97 Å². The van der Waals surface area contributed by atoms with Crippen molar-refractivity contribution in [2.24, 2.45) is 0 Å². The Morgan fingerprint density at radius 1 is 0.917 bits per heavy atom. The molecule has 36 heavy (non-hydrogen) atoms. The van der Waals surface area contributed by atoms with Crippen LogP contribution >= 0.6 is 0 Å². The molecule has 182 valence electrons. The SMILES string of the molecule is Cc1ccc(-c2nc3ccc(-c4ccc5ncn(CCN6CCC(O)CC6)c(=O)c5c4)cc3[nH]2)cc1. The predicted octanol–water partition coefficient (Wildman–Crippen LogP) is 4.37. The van der Waals surface area contributed by atoms with Crippen molar-refractivity contribution in [3.63, 3.8) is 0 Å². The number of imidazole rings is 1. The quantitative estimate of drug-likeness (QED) is 0.391. The van der Waals surface area contributed by atoms with Crippen molar-refractivity contribution in [3.05, 3.63) is 82.9 Å². The molecule has 2 N–H and O–H groups in total. The Kier molecular flexibility index (Phi) is 5.87. The molecule has 2 aromatic heterocycles. The van der Waals surface area contributed by atoms with Crippen LogP contribution in [-0.2, 0) is 6.54 Å². The molecule has 0 atom stereocenters. The topological polar surface area (TPSA) is 87.0 Å². The van der Waals surface area contributed by atoms with Crippen LogP contribution in [-0.4, -0.2) is 55.3 Å². The number of fused-ring (bicyclic) bond motifs is 2. The molecular formula is C29H29N5O2. The number of aromatic nitrogens is 4. The third-order valence-electron chi connectivity index (χ3n) is 7.18. The zero-order valence-corrected chi connectivity index (χ0v) is 20.3. The van der Waals surface area contributed by atoms with Crippen molar-refractivity contribution >= 4 is 21.9 Å². The summed E-state index contributed by atoms with van der Waals surface area (Å²) in [6.45, 7) is 5.16. The average Bonchev–Trinajstić information content (AvgIpc) is 3.33. The van der Waals surface area contributed by atoms with Crippen LogP contribution in [0, 0.1) is 6.92 Å². The molecule has 0 aliphatic carbocycles. The van der Waals surface area contributed by atoms with Crippen LogP contribution in [0.3, 0.4) is 0 Å². The molecule has 0 spiro atoms. The molecule has 1 saturated heterocycles. The zero-order valence-electron chi connectivity index (χ0n) is 20.3. The van der Waals surface area contributed by atoms with Gasteiger partial charge in [-0.15, -0.1) is 0 Å². The summed E-state index contributed by atoms with van der Waals surface area (Å²) in [5, 5.41) is 10.3. The normalized spacial score (nSPS) is 15.2. The highest BCUT2D eigenvalue weighted by Crippen LogP contribution is 2.27. The summed E-state index contributed by atoms with van der Waals surface area (Å²) in [6, 6.07) is 20.3. The van der Waals surface area contributed by atoms with E-state index in [1.54, 1.807) is 10.9 Å². The molecule has 1 aliphatic rings. The fraction of sp³-hybridized carbons (Fsp3) is 0.276. The predicted molar refractivity (Wildman–Crippen MR) is 143 cm³/mol. The fourth-order valence-corrected chi connectivity index (χ4v) is 4.93. The number of aliphatic hydroxyl groups is 1. The fourth-order valence-electron chi connectivity index (χ4n) is 4.93. The van der Waals surface area contributed by atoms with E-state index in [2.05, 4.69) is 52.1 Å². The number of rotatable bonds is 5. The molecule has 3 heterocycles. The first-order valence-corrected chi connectivity index (χ1v) is 12.5. The monoisotopic (exact) mass is 479 g/mol. The Bertz CT molecular complexity index is 1590. The Morgan fingerprint density at radius 2 is 1.61 bits per heavy atom. The highest BCUT2D eigenvalue weighted by molar-refractivity contribution is 5.88. The van der Waals surface area contributed by atoms with Crippen LogP contribution in [0.15, 0.2) is 71.8 Å². The smallest absolute Gasteiger partial charge is 0.261 e. The van der Waals surface area contributed by atoms with Gasteiger partial charge in [0.2, 0.25) is 0 Å². The van der Waals surface area contributed by atoms with Crippen LogP contribution in [0.1, 0.15) is 18.4 Å². The van der Waals surface area contributed by atoms with Crippen molar-refractivity contribution < 1.29 is 5.11 Å². The lowest BCUT2D eigenvalue weighted by Crippen LogP contribution is -2.38. The maximum Gasteiger partial charge on any atom is 0.261 e. The van der Waals surface area contributed by atoms with Gasteiger partial charge in [0.05, 0.1) is 34.4 Å². The number of aryl methyl sites for hydroxylation is 1. The minimum atomic E-state index is -0.195. The Morgan fingerprint density at radius 3 is 2.39 bits per heavy atom. The second kappa shape index (κ2) is 9.33. The van der Waals surface area contributed by atoms with Crippen LogP contribution in [0.4, 0.5) is 0 Å². The van der Waals surface area contributed by atoms with E-state index >= 15 is 0 Å². The Balaban J connectivity index is 1.28. The highest BCUT2D eigenvalue weighted by atomic mass is 16.3. The van der Waals surface area contributed by atoms with E-state index in [0.29, 0.717) is 17.4 Å². The van der Waals surface area contributed by atoms with Gasteiger partial charge in [0, 0.05) is 31.7 Å². The van der Waals surface area contributed by atoms with E-state index in [-0.39, 0.29) is 11.7 Å². The second-order valence-corrected chi connectivity index (χ2v) is 9.73. The molecule has 7 heteroatoms. The Labute approximate surface area is 209 Å². The van der Waals surface area contributed by atoms with Crippen LogP contribution in [0.2, 0.25) is 0 Å². The van der Waals surface area contributed by atoms with E-state index in [1.807, 2.05) is 30.3 Å². The van der Waals surface area contributed by atoms with Gasteiger partial charge in [0.25, 0.3) is 5.56 Å². The summed E-state index contributed by atoms with van der Waals surface area (Å²) in [6.07, 6.45) is 3.04. The summed E-state index contributed by atoms with van der Waals surface area (Å²) in [7, 11) is 0. The molecule has 0 amide bonds. The van der Waals surface area contributed by atoms with Crippen LogP contribution in [0.25, 0.3) is 44.5 Å². The Hall–Kier alpha value is -3.81. The molecule has 5 aromatic rings. The molecule has 0 radical (unpaired) electrons. The van der Waals surface area contributed by atoms with Gasteiger partial charge in [0.15, 0.2) is 0 Å². The third-order valence-corrected chi connectivity index (χ3v) is 7.18. The summed E-state index contributed by atoms with van der Waals surface area (Å²) in [5.41, 5.74) is 6.80. The molecule has 7 nitrogen and oxygen atoms in total. The molecule has 0 unspecified atom stereocenters. The van der Waals surface area contributed by atoms with Crippen molar-refractivity contribution in [2.45, 2.75) is 32.4 Å². The average molecular weight is 480 g/mol. The number of hydrogen-bond acceptors (Lipinski definition) is 5. The van der Waals surface area contributed by atoms with Gasteiger partial charge in [0.1, 0.15) is 5.82 Å². The second-order valence-electron chi connectivity index (χ2n) is 9.73. The van der Waals surface area contributed by atoms with Gasteiger partial charge in [-0.3, -0.25) is 9.36 Å². The number of piperidine rings is 1. The summed E-state index contributed by atoms with van der Waals surface area (Å²) >= 11 is 0. The van der Waals surface area contributed by atoms with Crippen molar-refractivity contribution in [1.82, 2.24) is 24.4 Å². The number of nitrogens with one attached hydrogen (secondary N) is 1. The first kappa shape index (κ1) is 22.6. The maximum atomic E-state index is 13.3. The standard InChI is InChI=1S/C29H29N5O2/c1-19-2-4-20(5-3-19)28-31-26-9-7-22(17-27(26)32-28)21-6-8-25-24(16-21)29(36)34(18-30-25)15-14-33-12-10-23(35)11-13-33/h2-9,16-18,23,35H,10-15H2,1H3,(H,31,32).